The van der Waals surface area contributed by atoms with Crippen LogP contribution in [-0.4, -0.2) is 5.78 Å². The molecule has 0 bridgehead atoms. The molecule has 2 unspecified atom stereocenters. The van der Waals surface area contributed by atoms with E-state index < -0.39 is 0 Å². The molecule has 2 atom stereocenters. The van der Waals surface area contributed by atoms with E-state index in [1.54, 1.807) is 6.08 Å². The van der Waals surface area contributed by atoms with E-state index in [-0.39, 0.29) is 5.92 Å². The highest BCUT2D eigenvalue weighted by Crippen LogP contribution is 2.27. The van der Waals surface area contributed by atoms with Crippen molar-refractivity contribution >= 4 is 5.78 Å². The normalized spacial score (nSPS) is 33.9. The van der Waals surface area contributed by atoms with E-state index in [0.29, 0.717) is 11.7 Å². The summed E-state index contributed by atoms with van der Waals surface area (Å²) in [6.07, 6.45) is 4.82. The molecule has 1 aliphatic rings. The third-order valence-electron chi connectivity index (χ3n) is 2.32. The van der Waals surface area contributed by atoms with Crippen molar-refractivity contribution in [3.63, 3.8) is 0 Å². The summed E-state index contributed by atoms with van der Waals surface area (Å²) in [6.45, 7) is 5.79. The van der Waals surface area contributed by atoms with E-state index in [9.17, 15) is 4.79 Å². The number of hydrogen-bond donors (Lipinski definition) is 0. The minimum Gasteiger partial charge on any atom is -0.299 e. The third kappa shape index (κ3) is 1.28. The molecule has 0 N–H and O–H groups in total. The van der Waals surface area contributed by atoms with Crippen LogP contribution in [0.25, 0.3) is 0 Å². The molecule has 0 amide bonds. The van der Waals surface area contributed by atoms with Gasteiger partial charge in [-0.1, -0.05) is 13.0 Å². The number of hydrogen-bond acceptors (Lipinski definition) is 1. The standard InChI is InChI=1S/C9H14O/c1-3-8-7(2)5-4-6-9(8)10/h3,7-8H,1,4-6H2,2H3. The van der Waals surface area contributed by atoms with Crippen molar-refractivity contribution in [2.75, 3.05) is 0 Å². The van der Waals surface area contributed by atoms with Gasteiger partial charge in [0.2, 0.25) is 0 Å². The number of allylic oxidation sites excluding steroid dienone is 1. The van der Waals surface area contributed by atoms with Gasteiger partial charge in [0.1, 0.15) is 5.78 Å². The van der Waals surface area contributed by atoms with E-state index in [0.717, 1.165) is 12.8 Å². The predicted octanol–water partition coefficient (Wildman–Crippen LogP) is 2.18. The predicted molar refractivity (Wildman–Crippen MR) is 41.7 cm³/mol. The van der Waals surface area contributed by atoms with Gasteiger partial charge in [-0.25, -0.2) is 0 Å². The lowest BCUT2D eigenvalue weighted by molar-refractivity contribution is -0.124. The average Bonchev–Trinajstić information content (AvgIpc) is 1.88. The highest BCUT2D eigenvalue weighted by molar-refractivity contribution is 5.83. The van der Waals surface area contributed by atoms with E-state index in [4.69, 9.17) is 0 Å². The van der Waals surface area contributed by atoms with Crippen LogP contribution in [0.1, 0.15) is 26.2 Å². The second-order valence-corrected chi connectivity index (χ2v) is 3.10. The minimum atomic E-state index is 0.147. The summed E-state index contributed by atoms with van der Waals surface area (Å²) in [5.41, 5.74) is 0. The molecule has 1 fully saturated rings. The molecule has 1 rings (SSSR count). The Morgan fingerprint density at radius 1 is 1.70 bits per heavy atom. The van der Waals surface area contributed by atoms with Gasteiger partial charge in [-0.15, -0.1) is 6.58 Å². The summed E-state index contributed by atoms with van der Waals surface area (Å²) in [4.78, 5) is 11.2. The maximum Gasteiger partial charge on any atom is 0.139 e. The molecule has 1 nitrogen and oxygen atoms in total. The van der Waals surface area contributed by atoms with Crippen molar-refractivity contribution in [1.29, 1.82) is 0 Å². The number of carbonyl (C=O) groups excluding carboxylic acids is 1. The Morgan fingerprint density at radius 3 is 2.80 bits per heavy atom. The summed E-state index contributed by atoms with van der Waals surface area (Å²) in [5, 5.41) is 0. The molecule has 0 aromatic rings. The van der Waals surface area contributed by atoms with Gasteiger partial charge in [0.15, 0.2) is 0 Å². The lowest BCUT2D eigenvalue weighted by atomic mass is 9.80. The molecule has 1 heteroatoms. The number of ketones is 1. The zero-order chi connectivity index (χ0) is 7.56. The quantitative estimate of drug-likeness (QED) is 0.507. The van der Waals surface area contributed by atoms with Crippen molar-refractivity contribution < 1.29 is 4.79 Å². The monoisotopic (exact) mass is 138 g/mol. The van der Waals surface area contributed by atoms with E-state index in [1.807, 2.05) is 0 Å². The van der Waals surface area contributed by atoms with Gasteiger partial charge in [-0.3, -0.25) is 4.79 Å². The van der Waals surface area contributed by atoms with Crippen molar-refractivity contribution in [2.45, 2.75) is 26.2 Å². The van der Waals surface area contributed by atoms with Crippen molar-refractivity contribution in [2.24, 2.45) is 11.8 Å². The van der Waals surface area contributed by atoms with Gasteiger partial charge < -0.3 is 0 Å². The van der Waals surface area contributed by atoms with Gasteiger partial charge in [0, 0.05) is 12.3 Å². The summed E-state index contributed by atoms with van der Waals surface area (Å²) in [7, 11) is 0. The molecule has 0 spiro atoms. The number of carbonyl (C=O) groups is 1. The summed E-state index contributed by atoms with van der Waals surface area (Å²) in [6, 6.07) is 0. The minimum absolute atomic E-state index is 0.147. The van der Waals surface area contributed by atoms with E-state index in [1.165, 1.54) is 6.42 Å². The van der Waals surface area contributed by atoms with E-state index >= 15 is 0 Å². The Balaban J connectivity index is 2.62. The first-order chi connectivity index (χ1) is 4.75. The summed E-state index contributed by atoms with van der Waals surface area (Å²) in [5.74, 6) is 1.06. The maximum atomic E-state index is 11.2. The van der Waals surface area contributed by atoms with Crippen LogP contribution >= 0.6 is 0 Å². The van der Waals surface area contributed by atoms with Crippen LogP contribution in [0.5, 0.6) is 0 Å². The molecule has 1 aliphatic carbocycles. The van der Waals surface area contributed by atoms with Crippen molar-refractivity contribution in [3.8, 4) is 0 Å². The molecule has 0 aromatic carbocycles. The molecular formula is C9H14O. The third-order valence-corrected chi connectivity index (χ3v) is 2.32. The summed E-state index contributed by atoms with van der Waals surface area (Å²) >= 11 is 0. The fourth-order valence-electron chi connectivity index (χ4n) is 1.63. The molecule has 56 valence electrons. The van der Waals surface area contributed by atoms with Crippen LogP contribution in [0.15, 0.2) is 12.7 Å². The molecule has 0 heterocycles. The first kappa shape index (κ1) is 7.52. The highest BCUT2D eigenvalue weighted by Gasteiger charge is 2.25. The lowest BCUT2D eigenvalue weighted by Gasteiger charge is -2.24. The van der Waals surface area contributed by atoms with E-state index in [2.05, 4.69) is 13.5 Å². The van der Waals surface area contributed by atoms with Crippen molar-refractivity contribution in [1.82, 2.24) is 0 Å². The Morgan fingerprint density at radius 2 is 2.40 bits per heavy atom. The SMILES string of the molecule is C=CC1C(=O)CCCC1C. The molecular weight excluding hydrogens is 124 g/mol. The molecule has 0 aliphatic heterocycles. The Labute approximate surface area is 62.1 Å². The molecule has 0 aromatic heterocycles. The van der Waals surface area contributed by atoms with Gasteiger partial charge in [0.05, 0.1) is 0 Å². The van der Waals surface area contributed by atoms with Gasteiger partial charge in [-0.05, 0) is 18.8 Å². The first-order valence-corrected chi connectivity index (χ1v) is 3.91. The first-order valence-electron chi connectivity index (χ1n) is 3.91. The fourth-order valence-corrected chi connectivity index (χ4v) is 1.63. The Kier molecular flexibility index (Phi) is 2.25. The molecule has 10 heavy (non-hydrogen) atoms. The van der Waals surface area contributed by atoms with Crippen LogP contribution in [0.2, 0.25) is 0 Å². The van der Waals surface area contributed by atoms with Crippen molar-refractivity contribution in [3.05, 3.63) is 12.7 Å². The Bertz CT molecular complexity index is 149. The van der Waals surface area contributed by atoms with Crippen LogP contribution in [0, 0.1) is 11.8 Å². The number of rotatable bonds is 1. The van der Waals surface area contributed by atoms with Crippen LogP contribution in [0.4, 0.5) is 0 Å². The van der Waals surface area contributed by atoms with Gasteiger partial charge in [-0.2, -0.15) is 0 Å². The highest BCUT2D eigenvalue weighted by atomic mass is 16.1. The largest absolute Gasteiger partial charge is 0.299 e. The lowest BCUT2D eigenvalue weighted by Crippen LogP contribution is -2.24. The second-order valence-electron chi connectivity index (χ2n) is 3.10. The van der Waals surface area contributed by atoms with Crippen LogP contribution < -0.4 is 0 Å². The number of Topliss-reactive ketones (excluding diaryl/α,β-unsaturated/α-hetero) is 1. The molecule has 0 radical (unpaired) electrons. The second kappa shape index (κ2) is 3.00. The smallest absolute Gasteiger partial charge is 0.139 e. The van der Waals surface area contributed by atoms with Gasteiger partial charge >= 0.3 is 0 Å². The molecule has 1 saturated carbocycles. The van der Waals surface area contributed by atoms with Crippen LogP contribution in [0.3, 0.4) is 0 Å². The zero-order valence-corrected chi connectivity index (χ0v) is 6.47. The molecule has 0 saturated heterocycles. The Hall–Kier alpha value is -0.590. The average molecular weight is 138 g/mol. The topological polar surface area (TPSA) is 17.1 Å². The van der Waals surface area contributed by atoms with Gasteiger partial charge in [0.25, 0.3) is 0 Å². The zero-order valence-electron chi connectivity index (χ0n) is 6.47. The summed E-state index contributed by atoms with van der Waals surface area (Å²) < 4.78 is 0. The fraction of sp³-hybridized carbons (Fsp3) is 0.667. The maximum absolute atomic E-state index is 11.2. The van der Waals surface area contributed by atoms with Crippen LogP contribution in [-0.2, 0) is 4.79 Å².